The van der Waals surface area contributed by atoms with Gasteiger partial charge in [-0.05, 0) is 55.3 Å². The summed E-state index contributed by atoms with van der Waals surface area (Å²) in [4.78, 5) is 0. The fourth-order valence-electron chi connectivity index (χ4n) is 4.26. The Balaban J connectivity index is 1.74. The summed E-state index contributed by atoms with van der Waals surface area (Å²) < 4.78 is 0. The number of rotatable bonds is 3. The maximum Gasteiger partial charge on any atom is -0.0106 e. The van der Waals surface area contributed by atoms with Gasteiger partial charge in [0.05, 0.1) is 0 Å². The summed E-state index contributed by atoms with van der Waals surface area (Å²) in [6.07, 6.45) is 7.05. The molecule has 5 unspecified atom stereocenters. The molecule has 0 aromatic heterocycles. The summed E-state index contributed by atoms with van der Waals surface area (Å²) in [6.45, 7) is 9.37. The minimum Gasteiger partial charge on any atom is -0.0816 e. The molecule has 0 nitrogen and oxygen atoms in total. The molecule has 3 rings (SSSR count). The molecule has 78 valence electrons. The molecule has 3 aliphatic carbocycles. The van der Waals surface area contributed by atoms with E-state index in [9.17, 15) is 0 Å². The number of fused-ring (bicyclic) bond motifs is 1. The second kappa shape index (κ2) is 2.28. The van der Waals surface area contributed by atoms with E-state index < -0.39 is 0 Å². The van der Waals surface area contributed by atoms with Crippen molar-refractivity contribution in [2.45, 2.75) is 47.0 Å². The molecule has 0 heteroatoms. The quantitative estimate of drug-likeness (QED) is 0.589. The van der Waals surface area contributed by atoms with Crippen molar-refractivity contribution < 1.29 is 0 Å². The average Bonchev–Trinajstić information content (AvgIpc) is 2.98. The maximum absolute atomic E-state index is 2.55. The second-order valence-electron chi connectivity index (χ2n) is 6.37. The number of allylic oxidation sites excluding steroid dienone is 2. The fraction of sp³-hybridized carbons (Fsp3) is 0.857. The van der Waals surface area contributed by atoms with Crippen LogP contribution >= 0.6 is 0 Å². The molecule has 0 heterocycles. The van der Waals surface area contributed by atoms with Gasteiger partial charge in [-0.1, -0.05) is 31.9 Å². The predicted octanol–water partition coefficient (Wildman–Crippen LogP) is 4.02. The monoisotopic (exact) mass is 190 g/mol. The van der Waals surface area contributed by atoms with Crippen LogP contribution in [0.25, 0.3) is 0 Å². The molecular formula is C14H22. The maximum atomic E-state index is 2.55. The third-order valence-corrected chi connectivity index (χ3v) is 5.36. The largest absolute Gasteiger partial charge is 0.0816 e. The Morgan fingerprint density at radius 2 is 2.14 bits per heavy atom. The van der Waals surface area contributed by atoms with Crippen molar-refractivity contribution in [3.05, 3.63) is 11.6 Å². The highest BCUT2D eigenvalue weighted by Gasteiger charge is 2.91. The van der Waals surface area contributed by atoms with Crippen LogP contribution in [-0.4, -0.2) is 0 Å². The first kappa shape index (κ1) is 9.00. The van der Waals surface area contributed by atoms with Crippen molar-refractivity contribution in [2.75, 3.05) is 0 Å². The lowest BCUT2D eigenvalue weighted by atomic mass is 9.96. The molecule has 3 aliphatic rings. The molecule has 0 aliphatic heterocycles. The molecule has 14 heavy (non-hydrogen) atoms. The lowest BCUT2D eigenvalue weighted by Crippen LogP contribution is -2.01. The third-order valence-electron chi connectivity index (χ3n) is 5.36. The van der Waals surface area contributed by atoms with Gasteiger partial charge < -0.3 is 0 Å². The van der Waals surface area contributed by atoms with Crippen LogP contribution < -0.4 is 0 Å². The minimum atomic E-state index is 0.749. The molecule has 0 amide bonds. The highest BCUT2D eigenvalue weighted by Crippen LogP contribution is 2.96. The molecule has 0 saturated heterocycles. The summed E-state index contributed by atoms with van der Waals surface area (Å²) in [7, 11) is 0. The molecule has 0 aromatic rings. The first-order valence-electron chi connectivity index (χ1n) is 6.21. The molecule has 3 fully saturated rings. The smallest absolute Gasteiger partial charge is 0.0106 e. The van der Waals surface area contributed by atoms with Gasteiger partial charge in [0, 0.05) is 0 Å². The van der Waals surface area contributed by atoms with Crippen LogP contribution in [0.3, 0.4) is 0 Å². The highest BCUT2D eigenvalue weighted by atomic mass is 14.9. The first-order valence-corrected chi connectivity index (χ1v) is 6.21. The van der Waals surface area contributed by atoms with Crippen LogP contribution in [0, 0.1) is 28.6 Å². The Bertz CT molecular complexity index is 310. The fourth-order valence-corrected chi connectivity index (χ4v) is 4.26. The van der Waals surface area contributed by atoms with Crippen LogP contribution in [0.1, 0.15) is 47.0 Å². The molecule has 0 aromatic carbocycles. The standard InChI is InChI=1S/C14H22/c1-5-10-7-11(10)14-8-13(14,4)12(14)6-9(2)3/h6,10-12H,5,7-8H2,1-4H3. The topological polar surface area (TPSA) is 0 Å². The van der Waals surface area contributed by atoms with E-state index in [2.05, 4.69) is 33.8 Å². The van der Waals surface area contributed by atoms with Crippen molar-refractivity contribution in [3.63, 3.8) is 0 Å². The van der Waals surface area contributed by atoms with Gasteiger partial charge in [-0.3, -0.25) is 0 Å². The minimum absolute atomic E-state index is 0.749. The zero-order valence-corrected chi connectivity index (χ0v) is 9.93. The lowest BCUT2D eigenvalue weighted by molar-refractivity contribution is 0.456. The van der Waals surface area contributed by atoms with Crippen LogP contribution in [0.15, 0.2) is 11.6 Å². The highest BCUT2D eigenvalue weighted by molar-refractivity contribution is 5.43. The molecule has 0 N–H and O–H groups in total. The van der Waals surface area contributed by atoms with Gasteiger partial charge in [0.15, 0.2) is 0 Å². The van der Waals surface area contributed by atoms with Gasteiger partial charge in [0.25, 0.3) is 0 Å². The summed E-state index contributed by atoms with van der Waals surface area (Å²) in [5, 5.41) is 0. The second-order valence-corrected chi connectivity index (χ2v) is 6.37. The van der Waals surface area contributed by atoms with E-state index in [1.54, 1.807) is 6.42 Å². The average molecular weight is 190 g/mol. The molecular weight excluding hydrogens is 168 g/mol. The number of hydrogen-bond donors (Lipinski definition) is 0. The van der Waals surface area contributed by atoms with Crippen molar-refractivity contribution in [1.82, 2.24) is 0 Å². The van der Waals surface area contributed by atoms with Gasteiger partial charge >= 0.3 is 0 Å². The molecule has 3 saturated carbocycles. The van der Waals surface area contributed by atoms with E-state index in [0.717, 1.165) is 28.6 Å². The van der Waals surface area contributed by atoms with Gasteiger partial charge in [-0.2, -0.15) is 0 Å². The number of hydrogen-bond acceptors (Lipinski definition) is 0. The third kappa shape index (κ3) is 0.816. The van der Waals surface area contributed by atoms with E-state index in [1.165, 1.54) is 18.4 Å². The van der Waals surface area contributed by atoms with Crippen molar-refractivity contribution >= 4 is 0 Å². The van der Waals surface area contributed by atoms with Gasteiger partial charge in [-0.15, -0.1) is 0 Å². The molecule has 0 radical (unpaired) electrons. The van der Waals surface area contributed by atoms with Crippen molar-refractivity contribution in [3.8, 4) is 0 Å². The zero-order chi connectivity index (χ0) is 10.1. The Morgan fingerprint density at radius 3 is 2.57 bits per heavy atom. The van der Waals surface area contributed by atoms with Gasteiger partial charge in [0.2, 0.25) is 0 Å². The summed E-state index contributed by atoms with van der Waals surface area (Å²) in [5.74, 6) is 3.16. The summed E-state index contributed by atoms with van der Waals surface area (Å²) in [6, 6.07) is 0. The predicted molar refractivity (Wildman–Crippen MR) is 60.0 cm³/mol. The Labute approximate surface area is 87.8 Å². The molecule has 0 bridgehead atoms. The van der Waals surface area contributed by atoms with E-state index >= 15 is 0 Å². The van der Waals surface area contributed by atoms with Crippen LogP contribution in [-0.2, 0) is 0 Å². The van der Waals surface area contributed by atoms with E-state index in [0.29, 0.717) is 0 Å². The summed E-state index contributed by atoms with van der Waals surface area (Å²) in [5.41, 5.74) is 3.08. The lowest BCUT2D eigenvalue weighted by Gasteiger charge is -2.09. The van der Waals surface area contributed by atoms with Crippen molar-refractivity contribution in [1.29, 1.82) is 0 Å². The first-order chi connectivity index (χ1) is 6.56. The Kier molecular flexibility index (Phi) is 1.47. The molecule has 0 spiro atoms. The zero-order valence-electron chi connectivity index (χ0n) is 9.93. The normalized spacial score (nSPS) is 57.6. The van der Waals surface area contributed by atoms with E-state index in [-0.39, 0.29) is 0 Å². The molecule has 5 atom stereocenters. The Hall–Kier alpha value is -0.260. The Morgan fingerprint density at radius 1 is 1.43 bits per heavy atom. The SMILES string of the molecule is CCC1CC1C12CC1(C)C2C=C(C)C. The van der Waals surface area contributed by atoms with Crippen molar-refractivity contribution in [2.24, 2.45) is 28.6 Å². The van der Waals surface area contributed by atoms with Crippen LogP contribution in [0.2, 0.25) is 0 Å². The van der Waals surface area contributed by atoms with Crippen LogP contribution in [0.5, 0.6) is 0 Å². The van der Waals surface area contributed by atoms with Crippen LogP contribution in [0.4, 0.5) is 0 Å². The summed E-state index contributed by atoms with van der Waals surface area (Å²) >= 11 is 0. The van der Waals surface area contributed by atoms with Gasteiger partial charge in [0.1, 0.15) is 0 Å². The van der Waals surface area contributed by atoms with E-state index in [1.807, 2.05) is 0 Å². The van der Waals surface area contributed by atoms with Gasteiger partial charge in [-0.25, -0.2) is 0 Å². The van der Waals surface area contributed by atoms with E-state index in [4.69, 9.17) is 0 Å².